The number of rotatable bonds is 12. The molecule has 38 heavy (non-hydrogen) atoms. The Bertz CT molecular complexity index is 1210. The molecule has 0 aliphatic carbocycles. The minimum atomic E-state index is -0.378. The van der Waals surface area contributed by atoms with Gasteiger partial charge < -0.3 is 0 Å². The third-order valence-electron chi connectivity index (χ3n) is 8.15. The van der Waals surface area contributed by atoms with Crippen molar-refractivity contribution < 1.29 is 19.2 Å². The Hall–Kier alpha value is -2.06. The molecule has 2 unspecified atom stereocenters. The van der Waals surface area contributed by atoms with Gasteiger partial charge in [0.25, 0.3) is 23.6 Å². The van der Waals surface area contributed by atoms with Crippen LogP contribution in [0.2, 0.25) is 0 Å². The van der Waals surface area contributed by atoms with E-state index in [1.807, 2.05) is 0 Å². The third kappa shape index (κ3) is 4.99. The fourth-order valence-corrected chi connectivity index (χ4v) is 6.95. The molecule has 2 aromatic rings. The third-order valence-corrected chi connectivity index (χ3v) is 9.40. The predicted octanol–water partition coefficient (Wildman–Crippen LogP) is 7.99. The molecule has 0 saturated carbocycles. The van der Waals surface area contributed by atoms with Crippen molar-refractivity contribution >= 4 is 66.3 Å². The van der Waals surface area contributed by atoms with Crippen LogP contribution in [0.15, 0.2) is 21.1 Å². The molecule has 0 N–H and O–H groups in total. The normalized spacial score (nSPS) is 16.6. The largest absolute Gasteiger partial charge is 0.274 e. The molecule has 0 bridgehead atoms. The van der Waals surface area contributed by atoms with Gasteiger partial charge in [-0.2, -0.15) is 0 Å². The minimum Gasteiger partial charge on any atom is -0.274 e. The summed E-state index contributed by atoms with van der Waals surface area (Å²) in [5.74, 6) is -1.07. The first-order chi connectivity index (χ1) is 18.2. The molecule has 2 aliphatic rings. The number of carbonyl (C=O) groups excluding carboxylic acids is 4. The van der Waals surface area contributed by atoms with Crippen LogP contribution in [0.4, 0.5) is 0 Å². The molecule has 6 nitrogen and oxygen atoms in total. The maximum absolute atomic E-state index is 13.8. The number of benzene rings is 2. The van der Waals surface area contributed by atoms with E-state index in [4.69, 9.17) is 0 Å². The van der Waals surface area contributed by atoms with Crippen molar-refractivity contribution in [3.05, 3.63) is 43.3 Å². The Morgan fingerprint density at radius 2 is 1.00 bits per heavy atom. The zero-order valence-corrected chi connectivity index (χ0v) is 25.8. The SMILES string of the molecule is CCCCC(CC)CN1C(=O)c2cc(Br)c3c4c(cc(Br)c(c24)C1=O)C(=O)N(CC(CC)CCCC)C3=O. The van der Waals surface area contributed by atoms with Crippen molar-refractivity contribution in [2.75, 3.05) is 13.1 Å². The van der Waals surface area contributed by atoms with Gasteiger partial charge in [-0.25, -0.2) is 0 Å². The Balaban J connectivity index is 1.82. The van der Waals surface area contributed by atoms with Gasteiger partial charge in [-0.3, -0.25) is 29.0 Å². The summed E-state index contributed by atoms with van der Waals surface area (Å²) >= 11 is 7.11. The highest BCUT2D eigenvalue weighted by molar-refractivity contribution is 9.10. The second kappa shape index (κ2) is 12.0. The Labute approximate surface area is 241 Å². The van der Waals surface area contributed by atoms with Gasteiger partial charge in [0.1, 0.15) is 0 Å². The lowest BCUT2D eigenvalue weighted by Crippen LogP contribution is -2.46. The smallest absolute Gasteiger partial charge is 0.262 e. The fraction of sp³-hybridized carbons (Fsp3) is 0.533. The van der Waals surface area contributed by atoms with Crippen molar-refractivity contribution in [1.29, 1.82) is 0 Å². The number of nitrogens with zero attached hydrogens (tertiary/aromatic N) is 2. The zero-order valence-electron chi connectivity index (χ0n) is 22.7. The van der Waals surface area contributed by atoms with E-state index in [0.717, 1.165) is 51.4 Å². The monoisotopic (exact) mass is 646 g/mol. The molecule has 0 fully saturated rings. The quantitative estimate of drug-likeness (QED) is 0.219. The lowest BCUT2D eigenvalue weighted by molar-refractivity contribution is 0.0558. The van der Waals surface area contributed by atoms with Crippen LogP contribution < -0.4 is 0 Å². The highest BCUT2D eigenvalue weighted by atomic mass is 79.9. The van der Waals surface area contributed by atoms with Crippen LogP contribution in [0.5, 0.6) is 0 Å². The van der Waals surface area contributed by atoms with Gasteiger partial charge in [0.2, 0.25) is 0 Å². The Morgan fingerprint density at radius 3 is 1.32 bits per heavy atom. The molecule has 2 atom stereocenters. The van der Waals surface area contributed by atoms with Crippen molar-refractivity contribution in [2.24, 2.45) is 11.8 Å². The van der Waals surface area contributed by atoms with Gasteiger partial charge >= 0.3 is 0 Å². The van der Waals surface area contributed by atoms with Gasteiger partial charge in [-0.05, 0) is 68.7 Å². The second-order valence-electron chi connectivity index (χ2n) is 10.6. The maximum atomic E-state index is 13.8. The summed E-state index contributed by atoms with van der Waals surface area (Å²) in [6.45, 7) is 9.13. The van der Waals surface area contributed by atoms with Crippen molar-refractivity contribution in [1.82, 2.24) is 9.80 Å². The molecule has 0 radical (unpaired) electrons. The molecule has 2 aliphatic heterocycles. The number of halogens is 2. The van der Waals surface area contributed by atoms with E-state index >= 15 is 0 Å². The molecule has 4 amide bonds. The van der Waals surface area contributed by atoms with E-state index in [1.165, 1.54) is 9.80 Å². The van der Waals surface area contributed by atoms with Crippen LogP contribution in [0.25, 0.3) is 10.8 Å². The molecular weight excluding hydrogens is 612 g/mol. The van der Waals surface area contributed by atoms with Crippen molar-refractivity contribution in [3.8, 4) is 0 Å². The van der Waals surface area contributed by atoms with Gasteiger partial charge in [0.05, 0.1) is 11.1 Å². The Morgan fingerprint density at radius 1 is 0.632 bits per heavy atom. The van der Waals surface area contributed by atoms with Crippen LogP contribution in [0.3, 0.4) is 0 Å². The number of hydrogen-bond donors (Lipinski definition) is 0. The average Bonchev–Trinajstić information content (AvgIpc) is 2.90. The topological polar surface area (TPSA) is 74.8 Å². The summed E-state index contributed by atoms with van der Waals surface area (Å²) in [6, 6.07) is 3.32. The molecule has 0 spiro atoms. The number of unbranched alkanes of at least 4 members (excludes halogenated alkanes) is 2. The van der Waals surface area contributed by atoms with Crippen molar-refractivity contribution in [2.45, 2.75) is 79.1 Å². The lowest BCUT2D eigenvalue weighted by atomic mass is 9.85. The summed E-state index contributed by atoms with van der Waals surface area (Å²) in [4.78, 5) is 57.7. The van der Waals surface area contributed by atoms with Gasteiger partial charge in [-0.15, -0.1) is 0 Å². The first-order valence-electron chi connectivity index (χ1n) is 13.9. The first kappa shape index (κ1) is 28.9. The zero-order chi connectivity index (χ0) is 27.7. The summed E-state index contributed by atoms with van der Waals surface area (Å²) in [7, 11) is 0. The van der Waals surface area contributed by atoms with Crippen LogP contribution in [0.1, 0.15) is 120 Å². The van der Waals surface area contributed by atoms with Gasteiger partial charge in [0.15, 0.2) is 0 Å². The van der Waals surface area contributed by atoms with E-state index in [9.17, 15) is 19.2 Å². The van der Waals surface area contributed by atoms with Gasteiger partial charge in [0, 0.05) is 43.9 Å². The second-order valence-corrected chi connectivity index (χ2v) is 12.3. The molecular formula is C30H36Br2N2O4. The number of amides is 4. The summed E-state index contributed by atoms with van der Waals surface area (Å²) in [5, 5.41) is 0.805. The summed E-state index contributed by atoms with van der Waals surface area (Å²) in [5.41, 5.74) is 1.39. The average molecular weight is 648 g/mol. The van der Waals surface area contributed by atoms with Crippen LogP contribution >= 0.6 is 31.9 Å². The number of carbonyl (C=O) groups is 4. The van der Waals surface area contributed by atoms with Crippen LogP contribution in [0, 0.1) is 11.8 Å². The number of hydrogen-bond acceptors (Lipinski definition) is 4. The maximum Gasteiger partial charge on any atom is 0.262 e. The standard InChI is InChI=1S/C30H36Br2N2O4/c1-5-9-11-17(7-3)15-33-27(35)19-13-22(32)26-24-20(14-21(31)25(23(19)24)29(33)37)28(36)34(30(26)38)16-18(8-4)12-10-6-2/h13-14,17-18H,5-12,15-16H2,1-4H3. The molecule has 8 heteroatoms. The molecule has 204 valence electrons. The Kier molecular flexibility index (Phi) is 9.13. The van der Waals surface area contributed by atoms with E-state index < -0.39 is 0 Å². The first-order valence-corrected chi connectivity index (χ1v) is 15.5. The molecule has 4 rings (SSSR count). The highest BCUT2D eigenvalue weighted by Crippen LogP contribution is 2.44. The number of imide groups is 2. The van der Waals surface area contributed by atoms with E-state index in [1.54, 1.807) is 12.1 Å². The predicted molar refractivity (Wildman–Crippen MR) is 157 cm³/mol. The van der Waals surface area contributed by atoms with Crippen molar-refractivity contribution in [3.63, 3.8) is 0 Å². The summed E-state index contributed by atoms with van der Waals surface area (Å²) < 4.78 is 0.943. The van der Waals surface area contributed by atoms with Gasteiger partial charge in [-0.1, -0.05) is 66.2 Å². The molecule has 2 heterocycles. The summed E-state index contributed by atoms with van der Waals surface area (Å²) in [6.07, 6.45) is 7.84. The molecule has 0 saturated heterocycles. The van der Waals surface area contributed by atoms with E-state index in [-0.39, 0.29) is 35.5 Å². The molecule has 0 aromatic heterocycles. The lowest BCUT2D eigenvalue weighted by Gasteiger charge is -2.35. The highest BCUT2D eigenvalue weighted by Gasteiger charge is 2.42. The van der Waals surface area contributed by atoms with E-state index in [2.05, 4.69) is 59.6 Å². The van der Waals surface area contributed by atoms with E-state index in [0.29, 0.717) is 55.1 Å². The molecule has 2 aromatic carbocycles. The minimum absolute atomic E-state index is 0.218. The van der Waals surface area contributed by atoms with Crippen LogP contribution in [-0.4, -0.2) is 46.5 Å². The van der Waals surface area contributed by atoms with Crippen LogP contribution in [-0.2, 0) is 0 Å². The fourth-order valence-electron chi connectivity index (χ4n) is 5.75.